The largest absolute Gasteiger partial charge is 0.504 e. The topological polar surface area (TPSA) is 41.5 Å². The summed E-state index contributed by atoms with van der Waals surface area (Å²) in [4.78, 5) is 0. The van der Waals surface area contributed by atoms with Crippen LogP contribution < -0.4 is 10.1 Å². The Morgan fingerprint density at radius 2 is 1.90 bits per heavy atom. The number of hydrogen-bond donors (Lipinski definition) is 2. The van der Waals surface area contributed by atoms with Crippen molar-refractivity contribution in [1.82, 2.24) is 5.32 Å². The van der Waals surface area contributed by atoms with Gasteiger partial charge in [-0.25, -0.2) is 4.39 Å². The zero-order chi connectivity index (χ0) is 14.5. The zero-order valence-corrected chi connectivity index (χ0v) is 11.6. The van der Waals surface area contributed by atoms with E-state index in [9.17, 15) is 9.50 Å². The standard InChI is InChI=1S/C16H18FNO2/c1-11(13-4-6-14(17)7-5-13)18-10-12-3-8-16(20-2)15(19)9-12/h3-9,11,18-19H,10H2,1-2H3. The molecule has 0 aliphatic heterocycles. The fourth-order valence-corrected chi connectivity index (χ4v) is 1.99. The number of methoxy groups -OCH3 is 1. The van der Waals surface area contributed by atoms with Crippen molar-refractivity contribution in [2.45, 2.75) is 19.5 Å². The lowest BCUT2D eigenvalue weighted by Gasteiger charge is -2.15. The number of ether oxygens (including phenoxy) is 1. The van der Waals surface area contributed by atoms with E-state index in [1.165, 1.54) is 19.2 Å². The van der Waals surface area contributed by atoms with Gasteiger partial charge >= 0.3 is 0 Å². The van der Waals surface area contributed by atoms with Gasteiger partial charge in [-0.05, 0) is 42.3 Å². The van der Waals surface area contributed by atoms with Crippen LogP contribution in [-0.2, 0) is 6.54 Å². The molecule has 2 N–H and O–H groups in total. The zero-order valence-electron chi connectivity index (χ0n) is 11.6. The molecule has 0 aliphatic rings. The molecule has 0 radical (unpaired) electrons. The van der Waals surface area contributed by atoms with E-state index in [0.717, 1.165) is 11.1 Å². The van der Waals surface area contributed by atoms with Crippen molar-refractivity contribution in [3.8, 4) is 11.5 Å². The number of hydrogen-bond acceptors (Lipinski definition) is 3. The summed E-state index contributed by atoms with van der Waals surface area (Å²) in [5.41, 5.74) is 1.97. The first-order chi connectivity index (χ1) is 9.60. The molecule has 2 aromatic carbocycles. The molecule has 3 nitrogen and oxygen atoms in total. The molecule has 0 saturated carbocycles. The van der Waals surface area contributed by atoms with Crippen LogP contribution in [0.15, 0.2) is 42.5 Å². The van der Waals surface area contributed by atoms with Gasteiger partial charge < -0.3 is 15.2 Å². The average Bonchev–Trinajstić information content (AvgIpc) is 2.45. The van der Waals surface area contributed by atoms with E-state index in [-0.39, 0.29) is 17.6 Å². The second-order valence-electron chi connectivity index (χ2n) is 4.66. The summed E-state index contributed by atoms with van der Waals surface area (Å²) in [6.07, 6.45) is 0. The molecule has 0 fully saturated rings. The molecular formula is C16H18FNO2. The van der Waals surface area contributed by atoms with Gasteiger partial charge in [0.05, 0.1) is 7.11 Å². The molecule has 0 heterocycles. The molecule has 0 aliphatic carbocycles. The molecule has 20 heavy (non-hydrogen) atoms. The van der Waals surface area contributed by atoms with Crippen molar-refractivity contribution in [2.75, 3.05) is 7.11 Å². The van der Waals surface area contributed by atoms with E-state index in [2.05, 4.69) is 5.32 Å². The van der Waals surface area contributed by atoms with E-state index in [1.54, 1.807) is 24.3 Å². The lowest BCUT2D eigenvalue weighted by molar-refractivity contribution is 0.373. The smallest absolute Gasteiger partial charge is 0.160 e. The van der Waals surface area contributed by atoms with Crippen LogP contribution in [0.25, 0.3) is 0 Å². The number of nitrogens with one attached hydrogen (secondary N) is 1. The van der Waals surface area contributed by atoms with Crippen LogP contribution >= 0.6 is 0 Å². The number of aromatic hydroxyl groups is 1. The van der Waals surface area contributed by atoms with Crippen molar-refractivity contribution in [3.05, 3.63) is 59.4 Å². The normalized spacial score (nSPS) is 12.2. The van der Waals surface area contributed by atoms with Gasteiger partial charge in [0.2, 0.25) is 0 Å². The van der Waals surface area contributed by atoms with Crippen LogP contribution in [-0.4, -0.2) is 12.2 Å². The van der Waals surface area contributed by atoms with Crippen LogP contribution in [0.2, 0.25) is 0 Å². The predicted octanol–water partition coefficient (Wildman–Crippen LogP) is 3.39. The molecule has 1 atom stereocenters. The fraction of sp³-hybridized carbons (Fsp3) is 0.250. The van der Waals surface area contributed by atoms with Gasteiger partial charge in [-0.2, -0.15) is 0 Å². The van der Waals surface area contributed by atoms with Crippen molar-refractivity contribution >= 4 is 0 Å². The van der Waals surface area contributed by atoms with Crippen molar-refractivity contribution in [3.63, 3.8) is 0 Å². The number of phenols is 1. The van der Waals surface area contributed by atoms with Crippen LogP contribution in [0.3, 0.4) is 0 Å². The van der Waals surface area contributed by atoms with Crippen LogP contribution in [0, 0.1) is 5.82 Å². The third-order valence-electron chi connectivity index (χ3n) is 3.23. The van der Waals surface area contributed by atoms with E-state index in [4.69, 9.17) is 4.74 Å². The summed E-state index contributed by atoms with van der Waals surface area (Å²) < 4.78 is 17.9. The van der Waals surface area contributed by atoms with Gasteiger partial charge in [0.1, 0.15) is 5.82 Å². The van der Waals surface area contributed by atoms with Gasteiger partial charge in [0, 0.05) is 12.6 Å². The Kier molecular flexibility index (Phi) is 4.58. The molecule has 0 aromatic heterocycles. The summed E-state index contributed by atoms with van der Waals surface area (Å²) in [5, 5.41) is 13.0. The molecule has 1 unspecified atom stereocenters. The fourth-order valence-electron chi connectivity index (χ4n) is 1.99. The molecule has 0 spiro atoms. The Bertz CT molecular complexity index is 569. The monoisotopic (exact) mass is 275 g/mol. The Labute approximate surface area is 118 Å². The van der Waals surface area contributed by atoms with Crippen molar-refractivity contribution in [1.29, 1.82) is 0 Å². The maximum atomic E-state index is 12.9. The highest BCUT2D eigenvalue weighted by Crippen LogP contribution is 2.26. The Balaban J connectivity index is 1.97. The van der Waals surface area contributed by atoms with Gasteiger partial charge in [-0.3, -0.25) is 0 Å². The molecule has 2 aromatic rings. The number of halogens is 1. The summed E-state index contributed by atoms with van der Waals surface area (Å²) in [7, 11) is 1.52. The van der Waals surface area contributed by atoms with Gasteiger partial charge in [0.25, 0.3) is 0 Å². The van der Waals surface area contributed by atoms with E-state index >= 15 is 0 Å². The summed E-state index contributed by atoms with van der Waals surface area (Å²) in [6.45, 7) is 2.62. The molecule has 0 bridgehead atoms. The molecule has 0 saturated heterocycles. The first kappa shape index (κ1) is 14.3. The van der Waals surface area contributed by atoms with Crippen molar-refractivity contribution in [2.24, 2.45) is 0 Å². The Morgan fingerprint density at radius 1 is 1.20 bits per heavy atom. The van der Waals surface area contributed by atoms with Gasteiger partial charge in [-0.1, -0.05) is 18.2 Å². The van der Waals surface area contributed by atoms with E-state index < -0.39 is 0 Å². The number of benzene rings is 2. The van der Waals surface area contributed by atoms with Crippen LogP contribution in [0.4, 0.5) is 4.39 Å². The average molecular weight is 275 g/mol. The maximum Gasteiger partial charge on any atom is 0.160 e. The third-order valence-corrected chi connectivity index (χ3v) is 3.23. The highest BCUT2D eigenvalue weighted by Gasteiger charge is 2.06. The third kappa shape index (κ3) is 3.48. The molecule has 0 amide bonds. The minimum Gasteiger partial charge on any atom is -0.504 e. The van der Waals surface area contributed by atoms with Gasteiger partial charge in [-0.15, -0.1) is 0 Å². The van der Waals surface area contributed by atoms with Gasteiger partial charge in [0.15, 0.2) is 11.5 Å². The van der Waals surface area contributed by atoms with Crippen molar-refractivity contribution < 1.29 is 14.2 Å². The molecule has 4 heteroatoms. The number of rotatable bonds is 5. The maximum absolute atomic E-state index is 12.9. The van der Waals surface area contributed by atoms with E-state index in [1.807, 2.05) is 13.0 Å². The highest BCUT2D eigenvalue weighted by molar-refractivity contribution is 5.41. The number of phenolic OH excluding ortho intramolecular Hbond substituents is 1. The Morgan fingerprint density at radius 3 is 2.50 bits per heavy atom. The summed E-state index contributed by atoms with van der Waals surface area (Å²) in [6, 6.07) is 11.8. The van der Waals surface area contributed by atoms with Crippen LogP contribution in [0.5, 0.6) is 11.5 Å². The molecule has 2 rings (SSSR count). The SMILES string of the molecule is COc1ccc(CNC(C)c2ccc(F)cc2)cc1O. The minimum atomic E-state index is -0.235. The first-order valence-electron chi connectivity index (χ1n) is 6.45. The Hall–Kier alpha value is -2.07. The first-order valence-corrected chi connectivity index (χ1v) is 6.45. The second kappa shape index (κ2) is 6.39. The minimum absolute atomic E-state index is 0.0971. The highest BCUT2D eigenvalue weighted by atomic mass is 19.1. The lowest BCUT2D eigenvalue weighted by atomic mass is 10.1. The summed E-state index contributed by atoms with van der Waals surface area (Å²) in [5.74, 6) is 0.350. The van der Waals surface area contributed by atoms with E-state index in [0.29, 0.717) is 12.3 Å². The predicted molar refractivity (Wildman–Crippen MR) is 76.3 cm³/mol. The molecular weight excluding hydrogens is 257 g/mol. The summed E-state index contributed by atoms with van der Waals surface area (Å²) >= 11 is 0. The molecule has 106 valence electrons. The second-order valence-corrected chi connectivity index (χ2v) is 4.66. The lowest BCUT2D eigenvalue weighted by Crippen LogP contribution is -2.18. The van der Waals surface area contributed by atoms with Crippen LogP contribution in [0.1, 0.15) is 24.1 Å². The quantitative estimate of drug-likeness (QED) is 0.879.